The Labute approximate surface area is 81.6 Å². The van der Waals surface area contributed by atoms with Crippen LogP contribution >= 0.6 is 0 Å². The first-order valence-electron chi connectivity index (χ1n) is 4.34. The number of aromatic nitrogens is 2. The number of fused-ring (bicyclic) bond motifs is 1. The highest BCUT2D eigenvalue weighted by molar-refractivity contribution is 5.96. The minimum atomic E-state index is -0.0389. The number of rotatable bonds is 1. The quantitative estimate of drug-likeness (QED) is 0.734. The van der Waals surface area contributed by atoms with Crippen LogP contribution in [0, 0.1) is 0 Å². The lowest BCUT2D eigenvalue weighted by Crippen LogP contribution is -2.21. The van der Waals surface area contributed by atoms with Gasteiger partial charge in [-0.3, -0.25) is 4.79 Å². The Morgan fingerprint density at radius 2 is 2.29 bits per heavy atom. The molecule has 0 aliphatic rings. The summed E-state index contributed by atoms with van der Waals surface area (Å²) in [6, 6.07) is 5.58. The van der Waals surface area contributed by atoms with Gasteiger partial charge in [-0.05, 0) is 18.2 Å². The molecule has 0 radical (unpaired) electrons. The third kappa shape index (κ3) is 1.35. The van der Waals surface area contributed by atoms with E-state index in [1.165, 1.54) is 4.90 Å². The summed E-state index contributed by atoms with van der Waals surface area (Å²) in [5, 5.41) is 0.956. The van der Waals surface area contributed by atoms with Crippen LogP contribution in [0.2, 0.25) is 0 Å². The summed E-state index contributed by atoms with van der Waals surface area (Å²) in [6.45, 7) is 0. The van der Waals surface area contributed by atoms with E-state index in [1.807, 2.05) is 18.2 Å². The minimum absolute atomic E-state index is 0.0389. The summed E-state index contributed by atoms with van der Waals surface area (Å²) in [5.74, 6) is -0.0389. The molecule has 1 amide bonds. The van der Waals surface area contributed by atoms with Crippen LogP contribution in [-0.2, 0) is 0 Å². The number of hydrogen-bond donors (Lipinski definition) is 1. The van der Waals surface area contributed by atoms with Crippen molar-refractivity contribution in [1.29, 1.82) is 0 Å². The first-order valence-corrected chi connectivity index (χ1v) is 4.34. The molecule has 0 atom stereocenters. The van der Waals surface area contributed by atoms with Gasteiger partial charge in [0.25, 0.3) is 5.91 Å². The van der Waals surface area contributed by atoms with Gasteiger partial charge in [-0.25, -0.2) is 4.98 Å². The van der Waals surface area contributed by atoms with Gasteiger partial charge in [-0.2, -0.15) is 0 Å². The zero-order valence-electron chi connectivity index (χ0n) is 8.11. The van der Waals surface area contributed by atoms with Crippen molar-refractivity contribution >= 4 is 16.9 Å². The van der Waals surface area contributed by atoms with Gasteiger partial charge >= 0.3 is 0 Å². The monoisotopic (exact) mass is 189 g/mol. The molecule has 72 valence electrons. The van der Waals surface area contributed by atoms with Crippen molar-refractivity contribution in [3.8, 4) is 0 Å². The number of carbonyl (C=O) groups excluding carboxylic acids is 1. The minimum Gasteiger partial charge on any atom is -0.344 e. The molecule has 0 spiro atoms. The van der Waals surface area contributed by atoms with Crippen LogP contribution in [0.3, 0.4) is 0 Å². The van der Waals surface area contributed by atoms with E-state index in [1.54, 1.807) is 20.3 Å². The van der Waals surface area contributed by atoms with E-state index in [0.29, 0.717) is 5.69 Å². The topological polar surface area (TPSA) is 49.0 Å². The summed E-state index contributed by atoms with van der Waals surface area (Å²) in [6.07, 6.45) is 1.70. The summed E-state index contributed by atoms with van der Waals surface area (Å²) in [7, 11) is 3.45. The molecule has 0 bridgehead atoms. The predicted molar refractivity (Wildman–Crippen MR) is 54.1 cm³/mol. The zero-order valence-corrected chi connectivity index (χ0v) is 8.11. The zero-order chi connectivity index (χ0) is 10.1. The third-order valence-electron chi connectivity index (χ3n) is 2.03. The Bertz CT molecular complexity index is 440. The van der Waals surface area contributed by atoms with Crippen LogP contribution in [0.4, 0.5) is 0 Å². The number of hydrogen-bond acceptors (Lipinski definition) is 2. The maximum Gasteiger partial charge on any atom is 0.269 e. The van der Waals surface area contributed by atoms with Crippen molar-refractivity contribution in [1.82, 2.24) is 14.9 Å². The second-order valence-electron chi connectivity index (χ2n) is 3.32. The van der Waals surface area contributed by atoms with Gasteiger partial charge < -0.3 is 9.88 Å². The summed E-state index contributed by atoms with van der Waals surface area (Å²) in [5.41, 5.74) is 1.32. The normalized spacial score (nSPS) is 10.4. The predicted octanol–water partition coefficient (Wildman–Crippen LogP) is 1.26. The molecule has 0 saturated heterocycles. The Kier molecular flexibility index (Phi) is 1.96. The van der Waals surface area contributed by atoms with Crippen LogP contribution < -0.4 is 0 Å². The van der Waals surface area contributed by atoms with E-state index < -0.39 is 0 Å². The summed E-state index contributed by atoms with van der Waals surface area (Å²) >= 11 is 0. The Hall–Kier alpha value is -1.84. The fraction of sp³-hybridized carbons (Fsp3) is 0.200. The van der Waals surface area contributed by atoms with Crippen molar-refractivity contribution in [3.05, 3.63) is 30.1 Å². The number of pyridine rings is 1. The van der Waals surface area contributed by atoms with E-state index in [4.69, 9.17) is 0 Å². The fourth-order valence-electron chi connectivity index (χ4n) is 1.31. The first-order chi connectivity index (χ1) is 6.68. The molecule has 0 fully saturated rings. The molecule has 0 saturated carbocycles. The number of carbonyl (C=O) groups is 1. The molecule has 1 N–H and O–H groups in total. The largest absolute Gasteiger partial charge is 0.344 e. The second kappa shape index (κ2) is 3.14. The average Bonchev–Trinajstić information content (AvgIpc) is 2.59. The molecule has 0 aliphatic heterocycles. The van der Waals surface area contributed by atoms with Crippen molar-refractivity contribution in [2.24, 2.45) is 0 Å². The van der Waals surface area contributed by atoms with Crippen molar-refractivity contribution in [2.75, 3.05) is 14.1 Å². The molecule has 14 heavy (non-hydrogen) atoms. The summed E-state index contributed by atoms with van der Waals surface area (Å²) < 4.78 is 0. The summed E-state index contributed by atoms with van der Waals surface area (Å²) in [4.78, 5) is 20.2. The van der Waals surface area contributed by atoms with E-state index in [9.17, 15) is 4.79 Å². The first kappa shape index (κ1) is 8.74. The van der Waals surface area contributed by atoms with Crippen molar-refractivity contribution in [2.45, 2.75) is 0 Å². The molecule has 4 nitrogen and oxygen atoms in total. The third-order valence-corrected chi connectivity index (χ3v) is 2.03. The van der Waals surface area contributed by atoms with Crippen LogP contribution in [-0.4, -0.2) is 34.9 Å². The molecular formula is C10H11N3O. The lowest BCUT2D eigenvalue weighted by Gasteiger charge is -2.07. The van der Waals surface area contributed by atoms with Gasteiger partial charge in [0.15, 0.2) is 0 Å². The maximum absolute atomic E-state index is 11.6. The van der Waals surface area contributed by atoms with Crippen LogP contribution in [0.5, 0.6) is 0 Å². The molecule has 2 aromatic rings. The smallest absolute Gasteiger partial charge is 0.269 e. The number of H-pyrrole nitrogens is 1. The highest BCUT2D eigenvalue weighted by Crippen LogP contribution is 2.12. The van der Waals surface area contributed by atoms with Crippen LogP contribution in [0.25, 0.3) is 11.0 Å². The fourth-order valence-corrected chi connectivity index (χ4v) is 1.31. The Morgan fingerprint density at radius 3 is 2.93 bits per heavy atom. The number of amides is 1. The van der Waals surface area contributed by atoms with Crippen LogP contribution in [0.1, 0.15) is 10.5 Å². The molecule has 0 aliphatic carbocycles. The molecule has 4 heteroatoms. The standard InChI is InChI=1S/C10H11N3O/c1-13(2)10(14)8-6-7-4-3-5-11-9(7)12-8/h3-6H,1-2H3,(H,11,12). The second-order valence-corrected chi connectivity index (χ2v) is 3.32. The lowest BCUT2D eigenvalue weighted by atomic mass is 10.3. The van der Waals surface area contributed by atoms with E-state index >= 15 is 0 Å². The van der Waals surface area contributed by atoms with Gasteiger partial charge in [-0.1, -0.05) is 0 Å². The molecule has 0 aromatic carbocycles. The Morgan fingerprint density at radius 1 is 1.50 bits per heavy atom. The molecular weight excluding hydrogens is 178 g/mol. The highest BCUT2D eigenvalue weighted by atomic mass is 16.2. The van der Waals surface area contributed by atoms with Gasteiger partial charge in [0.05, 0.1) is 0 Å². The van der Waals surface area contributed by atoms with Gasteiger partial charge in [-0.15, -0.1) is 0 Å². The molecule has 0 unspecified atom stereocenters. The average molecular weight is 189 g/mol. The number of aromatic amines is 1. The maximum atomic E-state index is 11.6. The number of nitrogens with zero attached hydrogens (tertiary/aromatic N) is 2. The highest BCUT2D eigenvalue weighted by Gasteiger charge is 2.10. The Balaban J connectivity index is 2.50. The molecule has 2 rings (SSSR count). The van der Waals surface area contributed by atoms with E-state index in [-0.39, 0.29) is 5.91 Å². The SMILES string of the molecule is CN(C)C(=O)c1cc2cccnc2[nH]1. The lowest BCUT2D eigenvalue weighted by molar-refractivity contribution is 0.0823. The van der Waals surface area contributed by atoms with E-state index in [0.717, 1.165) is 11.0 Å². The van der Waals surface area contributed by atoms with Gasteiger partial charge in [0.2, 0.25) is 0 Å². The van der Waals surface area contributed by atoms with Crippen molar-refractivity contribution < 1.29 is 4.79 Å². The molecule has 2 aromatic heterocycles. The number of nitrogens with one attached hydrogen (secondary N) is 1. The molecule has 2 heterocycles. The van der Waals surface area contributed by atoms with Gasteiger partial charge in [0.1, 0.15) is 11.3 Å². The van der Waals surface area contributed by atoms with Crippen LogP contribution in [0.15, 0.2) is 24.4 Å². The van der Waals surface area contributed by atoms with Gasteiger partial charge in [0, 0.05) is 25.7 Å². The van der Waals surface area contributed by atoms with E-state index in [2.05, 4.69) is 9.97 Å². The van der Waals surface area contributed by atoms with Crippen molar-refractivity contribution in [3.63, 3.8) is 0 Å².